The molecule has 19 heavy (non-hydrogen) atoms. The molecular weight excluding hydrogens is 314 g/mol. The van der Waals surface area contributed by atoms with E-state index in [-0.39, 0.29) is 11.6 Å². The Bertz CT molecular complexity index is 652. The van der Waals surface area contributed by atoms with E-state index in [1.165, 1.54) is 4.68 Å². The molecule has 0 unspecified atom stereocenters. The van der Waals surface area contributed by atoms with Crippen LogP contribution in [0.5, 0.6) is 11.6 Å². The van der Waals surface area contributed by atoms with Crippen LogP contribution in [0.4, 0.5) is 5.69 Å². The van der Waals surface area contributed by atoms with Gasteiger partial charge < -0.3 is 4.74 Å². The van der Waals surface area contributed by atoms with Gasteiger partial charge in [0.1, 0.15) is 11.4 Å². The molecule has 0 bridgehead atoms. The summed E-state index contributed by atoms with van der Waals surface area (Å²) in [4.78, 5) is 10.6. The van der Waals surface area contributed by atoms with Crippen molar-refractivity contribution in [2.24, 2.45) is 7.05 Å². The van der Waals surface area contributed by atoms with Gasteiger partial charge in [0.05, 0.1) is 9.40 Å². The van der Waals surface area contributed by atoms with Crippen LogP contribution in [0.15, 0.2) is 22.7 Å². The average molecular weight is 326 g/mol. The second kappa shape index (κ2) is 5.00. The Hall–Kier alpha value is -1.89. The monoisotopic (exact) mass is 325 g/mol. The predicted octanol–water partition coefficient (Wildman–Crippen LogP) is 3.50. The summed E-state index contributed by atoms with van der Waals surface area (Å²) in [5.41, 5.74) is 1.27. The number of hydrogen-bond donors (Lipinski definition) is 0. The molecule has 0 saturated heterocycles. The third-order valence-corrected chi connectivity index (χ3v) is 3.24. The molecule has 0 amide bonds. The first-order chi connectivity index (χ1) is 8.90. The molecule has 1 heterocycles. The van der Waals surface area contributed by atoms with E-state index in [1.54, 1.807) is 20.0 Å². The van der Waals surface area contributed by atoms with Crippen LogP contribution in [0.3, 0.4) is 0 Å². The van der Waals surface area contributed by atoms with E-state index in [0.717, 1.165) is 10.0 Å². The van der Waals surface area contributed by atoms with Gasteiger partial charge in [-0.3, -0.25) is 10.1 Å². The summed E-state index contributed by atoms with van der Waals surface area (Å²) in [7, 11) is 1.61. The maximum absolute atomic E-state index is 11.0. The highest BCUT2D eigenvalue weighted by molar-refractivity contribution is 9.10. The van der Waals surface area contributed by atoms with Gasteiger partial charge in [0.15, 0.2) is 0 Å². The van der Waals surface area contributed by atoms with Crippen molar-refractivity contribution in [3.8, 4) is 11.6 Å². The van der Waals surface area contributed by atoms with Crippen LogP contribution in [0.25, 0.3) is 0 Å². The molecule has 2 rings (SSSR count). The molecule has 100 valence electrons. The van der Waals surface area contributed by atoms with Crippen LogP contribution in [0, 0.1) is 24.0 Å². The quantitative estimate of drug-likeness (QED) is 0.639. The Balaban J connectivity index is 2.46. The molecule has 6 nitrogen and oxygen atoms in total. The second-order valence-corrected chi connectivity index (χ2v) is 5.01. The lowest BCUT2D eigenvalue weighted by Gasteiger charge is -2.07. The van der Waals surface area contributed by atoms with Crippen LogP contribution < -0.4 is 4.74 Å². The van der Waals surface area contributed by atoms with E-state index in [2.05, 4.69) is 21.0 Å². The predicted molar refractivity (Wildman–Crippen MR) is 73.6 cm³/mol. The number of nitro groups is 1. The first-order valence-corrected chi connectivity index (χ1v) is 6.31. The minimum absolute atomic E-state index is 0.116. The van der Waals surface area contributed by atoms with Crippen LogP contribution >= 0.6 is 15.9 Å². The summed E-state index contributed by atoms with van der Waals surface area (Å²) in [6, 6.07) is 5.50. The molecule has 0 aliphatic rings. The van der Waals surface area contributed by atoms with Gasteiger partial charge in [-0.05, 0) is 47.5 Å². The topological polar surface area (TPSA) is 70.2 Å². The molecule has 0 aliphatic heterocycles. The highest BCUT2D eigenvalue weighted by Gasteiger charge is 2.26. The number of aromatic nitrogens is 2. The molecule has 0 saturated carbocycles. The fourth-order valence-electron chi connectivity index (χ4n) is 1.74. The lowest BCUT2D eigenvalue weighted by atomic mass is 10.2. The summed E-state index contributed by atoms with van der Waals surface area (Å²) in [5.74, 6) is 0.628. The second-order valence-electron chi connectivity index (χ2n) is 4.16. The summed E-state index contributed by atoms with van der Waals surface area (Å²) < 4.78 is 7.72. The van der Waals surface area contributed by atoms with Gasteiger partial charge >= 0.3 is 5.69 Å². The van der Waals surface area contributed by atoms with Crippen molar-refractivity contribution in [3.63, 3.8) is 0 Å². The van der Waals surface area contributed by atoms with E-state index in [1.807, 2.05) is 19.1 Å². The van der Waals surface area contributed by atoms with Gasteiger partial charge in [0.2, 0.25) is 0 Å². The number of rotatable bonds is 3. The highest BCUT2D eigenvalue weighted by atomic mass is 79.9. The van der Waals surface area contributed by atoms with E-state index in [9.17, 15) is 10.1 Å². The largest absolute Gasteiger partial charge is 0.433 e. The van der Waals surface area contributed by atoms with Crippen molar-refractivity contribution in [2.75, 3.05) is 0 Å². The van der Waals surface area contributed by atoms with Crippen molar-refractivity contribution in [1.82, 2.24) is 9.78 Å². The Labute approximate surface area is 118 Å². The molecule has 0 atom stereocenters. The molecule has 0 N–H and O–H groups in total. The van der Waals surface area contributed by atoms with E-state index in [4.69, 9.17) is 4.74 Å². The zero-order valence-electron chi connectivity index (χ0n) is 10.7. The molecule has 0 spiro atoms. The van der Waals surface area contributed by atoms with Gasteiger partial charge in [-0.1, -0.05) is 6.07 Å². The van der Waals surface area contributed by atoms with Crippen LogP contribution in [-0.4, -0.2) is 14.7 Å². The summed E-state index contributed by atoms with van der Waals surface area (Å²) >= 11 is 3.37. The van der Waals surface area contributed by atoms with Crippen LogP contribution in [0.2, 0.25) is 0 Å². The molecule has 1 aromatic heterocycles. The number of ether oxygens (including phenoxy) is 1. The fraction of sp³-hybridized carbons (Fsp3) is 0.250. The zero-order valence-corrected chi connectivity index (χ0v) is 12.3. The number of aryl methyl sites for hydroxylation is 3. The molecular formula is C12H12BrN3O3. The molecule has 2 aromatic rings. The van der Waals surface area contributed by atoms with Crippen molar-refractivity contribution in [2.45, 2.75) is 13.8 Å². The first-order valence-electron chi connectivity index (χ1n) is 5.52. The SMILES string of the molecule is Cc1ccc(Oc2c([N+](=O)[O-])c(C)nn2C)c(Br)c1. The van der Waals surface area contributed by atoms with Gasteiger partial charge in [0, 0.05) is 7.05 Å². The fourth-order valence-corrected chi connectivity index (χ4v) is 2.32. The molecule has 0 fully saturated rings. The minimum atomic E-state index is -0.486. The average Bonchev–Trinajstić information content (AvgIpc) is 2.57. The number of nitrogens with zero attached hydrogens (tertiary/aromatic N) is 3. The summed E-state index contributed by atoms with van der Waals surface area (Å²) in [5, 5.41) is 15.1. The Morgan fingerprint density at radius 1 is 1.42 bits per heavy atom. The van der Waals surface area contributed by atoms with E-state index in [0.29, 0.717) is 11.4 Å². The van der Waals surface area contributed by atoms with Crippen molar-refractivity contribution < 1.29 is 9.66 Å². The Morgan fingerprint density at radius 3 is 2.68 bits per heavy atom. The molecule has 0 aliphatic carbocycles. The minimum Gasteiger partial charge on any atom is -0.433 e. The van der Waals surface area contributed by atoms with Crippen LogP contribution in [0.1, 0.15) is 11.3 Å². The maximum Gasteiger partial charge on any atom is 0.353 e. The highest BCUT2D eigenvalue weighted by Crippen LogP contribution is 2.36. The normalized spacial score (nSPS) is 10.5. The molecule has 0 radical (unpaired) electrons. The molecule has 7 heteroatoms. The van der Waals surface area contributed by atoms with Crippen molar-refractivity contribution in [1.29, 1.82) is 0 Å². The number of benzene rings is 1. The van der Waals surface area contributed by atoms with Gasteiger partial charge in [-0.15, -0.1) is 0 Å². The summed E-state index contributed by atoms with van der Waals surface area (Å²) in [6.07, 6.45) is 0. The third kappa shape index (κ3) is 2.60. The zero-order chi connectivity index (χ0) is 14.2. The van der Waals surface area contributed by atoms with Gasteiger partial charge in [-0.2, -0.15) is 5.10 Å². The maximum atomic E-state index is 11.0. The smallest absolute Gasteiger partial charge is 0.353 e. The summed E-state index contributed by atoms with van der Waals surface area (Å²) in [6.45, 7) is 3.53. The first kappa shape index (κ1) is 13.5. The van der Waals surface area contributed by atoms with Gasteiger partial charge in [0.25, 0.3) is 5.88 Å². The number of hydrogen-bond acceptors (Lipinski definition) is 4. The van der Waals surface area contributed by atoms with Gasteiger partial charge in [-0.25, -0.2) is 4.68 Å². The van der Waals surface area contributed by atoms with Crippen molar-refractivity contribution in [3.05, 3.63) is 44.0 Å². The lowest BCUT2D eigenvalue weighted by Crippen LogP contribution is -1.98. The third-order valence-electron chi connectivity index (χ3n) is 2.62. The standard InChI is InChI=1S/C12H12BrN3O3/c1-7-4-5-10(9(13)6-7)19-12-11(16(17)18)8(2)14-15(12)3/h4-6H,1-3H3. The van der Waals surface area contributed by atoms with E-state index >= 15 is 0 Å². The van der Waals surface area contributed by atoms with E-state index < -0.39 is 4.92 Å². The molecule has 1 aromatic carbocycles. The Kier molecular flexibility index (Phi) is 3.57. The number of halogens is 1. The van der Waals surface area contributed by atoms with Crippen LogP contribution in [-0.2, 0) is 7.05 Å². The Morgan fingerprint density at radius 2 is 2.11 bits per heavy atom. The van der Waals surface area contributed by atoms with Crippen molar-refractivity contribution >= 4 is 21.6 Å². The lowest BCUT2D eigenvalue weighted by molar-refractivity contribution is -0.386.